The lowest BCUT2D eigenvalue weighted by molar-refractivity contribution is -0.145. The van der Waals surface area contributed by atoms with Gasteiger partial charge in [-0.2, -0.15) is 0 Å². The first kappa shape index (κ1) is 20.0. The Balaban J connectivity index is 1.42. The van der Waals surface area contributed by atoms with Crippen molar-refractivity contribution in [3.8, 4) is 5.75 Å². The number of hydrogen-bond donors (Lipinski definition) is 0. The molecule has 0 aromatic heterocycles. The second-order valence-corrected chi connectivity index (χ2v) is 8.09. The molecule has 0 aliphatic heterocycles. The molecular weight excluding hydrogens is 336 g/mol. The monoisotopic (exact) mass is 370 g/mol. The summed E-state index contributed by atoms with van der Waals surface area (Å²) in [6.07, 6.45) is 13.2. The Kier molecular flexibility index (Phi) is 7.37. The number of allylic oxidation sites excluding steroid dienone is 1. The van der Waals surface area contributed by atoms with Crippen molar-refractivity contribution in [2.24, 2.45) is 11.8 Å². The highest BCUT2D eigenvalue weighted by Crippen LogP contribution is 2.43. The second kappa shape index (κ2) is 9.96. The molecule has 1 aromatic rings. The fourth-order valence-corrected chi connectivity index (χ4v) is 4.94. The van der Waals surface area contributed by atoms with Gasteiger partial charge in [0.05, 0.1) is 6.61 Å². The van der Waals surface area contributed by atoms with E-state index in [-0.39, 0.29) is 12.1 Å². The third-order valence-corrected chi connectivity index (χ3v) is 6.41. The molecule has 3 nitrogen and oxygen atoms in total. The average Bonchev–Trinajstić information content (AvgIpc) is 2.70. The normalized spacial score (nSPS) is 28.8. The molecule has 0 saturated heterocycles. The Morgan fingerprint density at radius 3 is 2.11 bits per heavy atom. The lowest BCUT2D eigenvalue weighted by Gasteiger charge is -2.37. The summed E-state index contributed by atoms with van der Waals surface area (Å²) in [6, 6.07) is 8.73. The zero-order chi connectivity index (χ0) is 19.1. The van der Waals surface area contributed by atoms with Gasteiger partial charge in [0.15, 0.2) is 0 Å². The van der Waals surface area contributed by atoms with Crippen molar-refractivity contribution in [2.45, 2.75) is 77.2 Å². The van der Waals surface area contributed by atoms with Crippen LogP contribution in [0.5, 0.6) is 5.75 Å². The maximum Gasteiger partial charge on any atom is 0.330 e. The number of carbonyl (C=O) groups is 1. The largest absolute Gasteiger partial charge is 0.494 e. The van der Waals surface area contributed by atoms with Crippen molar-refractivity contribution in [1.29, 1.82) is 0 Å². The fraction of sp³-hybridized carbons (Fsp3) is 0.625. The Morgan fingerprint density at radius 2 is 1.56 bits per heavy atom. The Hall–Kier alpha value is -1.77. The fourth-order valence-electron chi connectivity index (χ4n) is 4.94. The van der Waals surface area contributed by atoms with Gasteiger partial charge in [-0.3, -0.25) is 0 Å². The molecule has 27 heavy (non-hydrogen) atoms. The van der Waals surface area contributed by atoms with Crippen LogP contribution in [0, 0.1) is 11.8 Å². The molecule has 3 heteroatoms. The lowest BCUT2D eigenvalue weighted by atomic mass is 9.69. The molecule has 0 bridgehead atoms. The van der Waals surface area contributed by atoms with Crippen LogP contribution in [-0.4, -0.2) is 18.7 Å². The third-order valence-electron chi connectivity index (χ3n) is 6.41. The Bertz CT molecular complexity index is 603. The van der Waals surface area contributed by atoms with Gasteiger partial charge in [-0.1, -0.05) is 18.2 Å². The summed E-state index contributed by atoms with van der Waals surface area (Å²) in [4.78, 5) is 11.6. The number of ether oxygens (including phenoxy) is 2. The van der Waals surface area contributed by atoms with E-state index in [2.05, 4.69) is 24.3 Å². The van der Waals surface area contributed by atoms with E-state index in [1.807, 2.05) is 13.8 Å². The highest BCUT2D eigenvalue weighted by Gasteiger charge is 2.32. The summed E-state index contributed by atoms with van der Waals surface area (Å²) in [6.45, 7) is 4.60. The molecule has 0 heterocycles. The minimum atomic E-state index is -0.184. The lowest BCUT2D eigenvalue weighted by Crippen LogP contribution is -2.29. The van der Waals surface area contributed by atoms with Gasteiger partial charge in [-0.25, -0.2) is 4.79 Å². The van der Waals surface area contributed by atoms with Gasteiger partial charge in [-0.15, -0.1) is 0 Å². The standard InChI is InChI=1S/C24H34O3/c1-3-5-24(25)27-23-16-12-21(13-17-23)19-8-6-18(7-9-19)20-10-14-22(15-11-20)26-4-2/h3,5,10-11,14-15,18-19,21,23H,4,6-9,12-13,16-17H2,1-2H3/b5-3+. The molecule has 148 valence electrons. The van der Waals surface area contributed by atoms with Gasteiger partial charge >= 0.3 is 5.97 Å². The van der Waals surface area contributed by atoms with E-state index in [0.717, 1.165) is 37.0 Å². The van der Waals surface area contributed by atoms with Gasteiger partial charge in [0, 0.05) is 6.08 Å². The zero-order valence-corrected chi connectivity index (χ0v) is 16.9. The van der Waals surface area contributed by atoms with Crippen molar-refractivity contribution in [1.82, 2.24) is 0 Å². The minimum absolute atomic E-state index is 0.130. The first-order chi connectivity index (χ1) is 13.2. The summed E-state index contributed by atoms with van der Waals surface area (Å²) in [5.74, 6) is 3.17. The average molecular weight is 371 g/mol. The van der Waals surface area contributed by atoms with Crippen LogP contribution in [0.1, 0.15) is 76.7 Å². The van der Waals surface area contributed by atoms with E-state index in [1.165, 1.54) is 50.2 Å². The Labute approximate surface area is 164 Å². The maximum atomic E-state index is 11.6. The van der Waals surface area contributed by atoms with Crippen LogP contribution < -0.4 is 4.74 Å². The molecule has 0 spiro atoms. The second-order valence-electron chi connectivity index (χ2n) is 8.09. The summed E-state index contributed by atoms with van der Waals surface area (Å²) < 4.78 is 11.1. The van der Waals surface area contributed by atoms with Crippen molar-refractivity contribution in [2.75, 3.05) is 6.61 Å². The molecule has 0 radical (unpaired) electrons. The van der Waals surface area contributed by atoms with E-state index in [9.17, 15) is 4.79 Å². The summed E-state index contributed by atoms with van der Waals surface area (Å²) in [7, 11) is 0. The maximum absolute atomic E-state index is 11.6. The first-order valence-corrected chi connectivity index (χ1v) is 10.8. The molecule has 1 aromatic carbocycles. The van der Waals surface area contributed by atoms with Crippen LogP contribution in [0.15, 0.2) is 36.4 Å². The number of esters is 1. The number of rotatable bonds is 6. The van der Waals surface area contributed by atoms with Crippen LogP contribution in [0.25, 0.3) is 0 Å². The molecule has 2 saturated carbocycles. The van der Waals surface area contributed by atoms with Gasteiger partial charge in [0.1, 0.15) is 11.9 Å². The smallest absolute Gasteiger partial charge is 0.330 e. The quantitative estimate of drug-likeness (QED) is 0.452. The van der Waals surface area contributed by atoms with Crippen molar-refractivity contribution in [3.05, 3.63) is 42.0 Å². The molecule has 0 N–H and O–H groups in total. The molecule has 3 rings (SSSR count). The molecule has 2 fully saturated rings. The molecule has 0 unspecified atom stereocenters. The summed E-state index contributed by atoms with van der Waals surface area (Å²) in [5, 5.41) is 0. The van der Waals surface area contributed by atoms with Crippen LogP contribution in [0.2, 0.25) is 0 Å². The molecule has 2 aliphatic rings. The molecule has 0 amide bonds. The zero-order valence-electron chi connectivity index (χ0n) is 16.9. The van der Waals surface area contributed by atoms with Crippen molar-refractivity contribution < 1.29 is 14.3 Å². The van der Waals surface area contributed by atoms with Gasteiger partial charge in [0.25, 0.3) is 0 Å². The SMILES string of the molecule is C/C=C/C(=O)OC1CCC(C2CCC(c3ccc(OCC)cc3)CC2)CC1. The predicted molar refractivity (Wildman–Crippen MR) is 109 cm³/mol. The summed E-state index contributed by atoms with van der Waals surface area (Å²) in [5.41, 5.74) is 1.47. The van der Waals surface area contributed by atoms with Crippen LogP contribution >= 0.6 is 0 Å². The van der Waals surface area contributed by atoms with Crippen LogP contribution in [-0.2, 0) is 9.53 Å². The van der Waals surface area contributed by atoms with E-state index in [0.29, 0.717) is 5.92 Å². The van der Waals surface area contributed by atoms with Crippen molar-refractivity contribution >= 4 is 5.97 Å². The van der Waals surface area contributed by atoms with Crippen molar-refractivity contribution in [3.63, 3.8) is 0 Å². The first-order valence-electron chi connectivity index (χ1n) is 10.8. The number of carbonyl (C=O) groups excluding carboxylic acids is 1. The molecule has 2 aliphatic carbocycles. The molecule has 0 atom stereocenters. The van der Waals surface area contributed by atoms with Crippen LogP contribution in [0.3, 0.4) is 0 Å². The van der Waals surface area contributed by atoms with Crippen LogP contribution in [0.4, 0.5) is 0 Å². The van der Waals surface area contributed by atoms with Gasteiger partial charge in [0.2, 0.25) is 0 Å². The van der Waals surface area contributed by atoms with Gasteiger partial charge in [-0.05, 0) is 101 Å². The van der Waals surface area contributed by atoms with E-state index in [4.69, 9.17) is 9.47 Å². The predicted octanol–water partition coefficient (Wildman–Crippen LogP) is 6.04. The minimum Gasteiger partial charge on any atom is -0.494 e. The van der Waals surface area contributed by atoms with E-state index < -0.39 is 0 Å². The topological polar surface area (TPSA) is 35.5 Å². The third kappa shape index (κ3) is 5.60. The highest BCUT2D eigenvalue weighted by molar-refractivity contribution is 5.81. The highest BCUT2D eigenvalue weighted by atomic mass is 16.5. The van der Waals surface area contributed by atoms with E-state index in [1.54, 1.807) is 6.08 Å². The Morgan fingerprint density at radius 1 is 0.963 bits per heavy atom. The molecular formula is C24H34O3. The van der Waals surface area contributed by atoms with Gasteiger partial charge < -0.3 is 9.47 Å². The number of hydrogen-bond acceptors (Lipinski definition) is 3. The summed E-state index contributed by atoms with van der Waals surface area (Å²) >= 11 is 0. The number of benzene rings is 1. The van der Waals surface area contributed by atoms with E-state index >= 15 is 0 Å².